The predicted octanol–water partition coefficient (Wildman–Crippen LogP) is 4.51. The highest BCUT2D eigenvalue weighted by atomic mass is 32.2. The first-order valence-electron chi connectivity index (χ1n) is 9.95. The van der Waals surface area contributed by atoms with Crippen molar-refractivity contribution in [3.63, 3.8) is 0 Å². The zero-order chi connectivity index (χ0) is 20.2. The topological polar surface area (TPSA) is 75.3 Å². The summed E-state index contributed by atoms with van der Waals surface area (Å²) in [5.41, 5.74) is 1.69. The Labute approximate surface area is 168 Å². The highest BCUT2D eigenvalue weighted by Gasteiger charge is 2.13. The quantitative estimate of drug-likeness (QED) is 0.513. The van der Waals surface area contributed by atoms with E-state index in [1.165, 1.54) is 25.0 Å². The van der Waals surface area contributed by atoms with Crippen molar-refractivity contribution in [1.29, 1.82) is 0 Å². The molecule has 2 aromatic rings. The minimum absolute atomic E-state index is 0.0342. The third-order valence-electron chi connectivity index (χ3n) is 4.50. The summed E-state index contributed by atoms with van der Waals surface area (Å²) < 4.78 is 27.4. The molecule has 28 heavy (non-hydrogen) atoms. The molecule has 0 aliphatic heterocycles. The van der Waals surface area contributed by atoms with Crippen LogP contribution in [0, 0.1) is 0 Å². The lowest BCUT2D eigenvalue weighted by Crippen LogP contribution is -2.26. The molecule has 0 fully saturated rings. The molecule has 152 valence electrons. The molecule has 0 bridgehead atoms. The first kappa shape index (κ1) is 22.1. The van der Waals surface area contributed by atoms with Gasteiger partial charge in [0.25, 0.3) is 0 Å². The number of carbonyl (C=O) groups is 1. The molecule has 0 heterocycles. The Hall–Kier alpha value is -2.18. The zero-order valence-electron chi connectivity index (χ0n) is 16.5. The monoisotopic (exact) mass is 402 g/mol. The summed E-state index contributed by atoms with van der Waals surface area (Å²) in [5, 5.41) is 2.82. The SMILES string of the molecule is CCCCCCCC(=O)Nc1ccc(S(=O)(=O)NCCc2ccccc2)cc1. The smallest absolute Gasteiger partial charge is 0.240 e. The lowest BCUT2D eigenvalue weighted by atomic mass is 10.1. The van der Waals surface area contributed by atoms with Crippen LogP contribution in [0.3, 0.4) is 0 Å². The maximum absolute atomic E-state index is 12.4. The van der Waals surface area contributed by atoms with Crippen molar-refractivity contribution < 1.29 is 13.2 Å². The van der Waals surface area contributed by atoms with Gasteiger partial charge in [-0.2, -0.15) is 0 Å². The molecule has 1 amide bonds. The molecule has 2 rings (SSSR count). The number of hydrogen-bond donors (Lipinski definition) is 2. The minimum Gasteiger partial charge on any atom is -0.326 e. The number of amides is 1. The van der Waals surface area contributed by atoms with E-state index in [4.69, 9.17) is 0 Å². The molecule has 0 saturated heterocycles. The van der Waals surface area contributed by atoms with Gasteiger partial charge in [-0.25, -0.2) is 13.1 Å². The molecule has 0 aromatic heterocycles. The van der Waals surface area contributed by atoms with Gasteiger partial charge in [-0.3, -0.25) is 4.79 Å². The fourth-order valence-electron chi connectivity index (χ4n) is 2.89. The van der Waals surface area contributed by atoms with Crippen molar-refractivity contribution in [2.24, 2.45) is 0 Å². The third-order valence-corrected chi connectivity index (χ3v) is 5.98. The van der Waals surface area contributed by atoms with E-state index in [2.05, 4.69) is 17.0 Å². The Balaban J connectivity index is 1.79. The summed E-state index contributed by atoms with van der Waals surface area (Å²) >= 11 is 0. The van der Waals surface area contributed by atoms with Crippen LogP contribution in [0.5, 0.6) is 0 Å². The molecule has 6 heteroatoms. The summed E-state index contributed by atoms with van der Waals surface area (Å²) in [4.78, 5) is 12.2. The average molecular weight is 403 g/mol. The number of carbonyl (C=O) groups excluding carboxylic acids is 1. The maximum atomic E-state index is 12.4. The van der Waals surface area contributed by atoms with Gasteiger partial charge in [-0.1, -0.05) is 62.9 Å². The molecular formula is C22H30N2O3S. The summed E-state index contributed by atoms with van der Waals surface area (Å²) in [7, 11) is -3.56. The minimum atomic E-state index is -3.56. The number of unbranched alkanes of at least 4 members (excludes halogenated alkanes) is 4. The third kappa shape index (κ3) is 7.82. The average Bonchev–Trinajstić information content (AvgIpc) is 2.69. The lowest BCUT2D eigenvalue weighted by molar-refractivity contribution is -0.116. The normalized spacial score (nSPS) is 11.3. The van der Waals surface area contributed by atoms with E-state index in [1.807, 2.05) is 30.3 Å². The van der Waals surface area contributed by atoms with Gasteiger partial charge >= 0.3 is 0 Å². The second kappa shape index (κ2) is 11.6. The van der Waals surface area contributed by atoms with Crippen molar-refractivity contribution in [3.8, 4) is 0 Å². The highest BCUT2D eigenvalue weighted by molar-refractivity contribution is 7.89. The van der Waals surface area contributed by atoms with Crippen LogP contribution < -0.4 is 10.0 Å². The van der Waals surface area contributed by atoms with Crippen LogP contribution >= 0.6 is 0 Å². The summed E-state index contributed by atoms with van der Waals surface area (Å²) in [6, 6.07) is 16.0. The number of benzene rings is 2. The second-order valence-corrected chi connectivity index (χ2v) is 8.64. The van der Waals surface area contributed by atoms with Crippen LogP contribution in [0.15, 0.2) is 59.5 Å². The number of hydrogen-bond acceptors (Lipinski definition) is 3. The molecule has 0 unspecified atom stereocenters. The largest absolute Gasteiger partial charge is 0.326 e. The van der Waals surface area contributed by atoms with Crippen molar-refractivity contribution >= 4 is 21.6 Å². The van der Waals surface area contributed by atoms with Crippen LogP contribution in [0.25, 0.3) is 0 Å². The lowest BCUT2D eigenvalue weighted by Gasteiger charge is -2.09. The molecule has 0 radical (unpaired) electrons. The van der Waals surface area contributed by atoms with E-state index in [1.54, 1.807) is 12.1 Å². The van der Waals surface area contributed by atoms with Crippen molar-refractivity contribution in [3.05, 3.63) is 60.2 Å². The first-order valence-corrected chi connectivity index (χ1v) is 11.4. The maximum Gasteiger partial charge on any atom is 0.240 e. The van der Waals surface area contributed by atoms with Gasteiger partial charge in [0.1, 0.15) is 0 Å². The van der Waals surface area contributed by atoms with Gasteiger partial charge in [0.2, 0.25) is 15.9 Å². The summed E-state index contributed by atoms with van der Waals surface area (Å²) in [6.45, 7) is 2.50. The molecule has 0 aliphatic carbocycles. The Morgan fingerprint density at radius 3 is 2.25 bits per heavy atom. The second-order valence-electron chi connectivity index (χ2n) is 6.87. The van der Waals surface area contributed by atoms with Gasteiger partial charge in [0.15, 0.2) is 0 Å². The van der Waals surface area contributed by atoms with Gasteiger partial charge in [0, 0.05) is 18.7 Å². The summed E-state index contributed by atoms with van der Waals surface area (Å²) in [5.74, 6) is -0.0342. The van der Waals surface area contributed by atoms with Crippen LogP contribution in [-0.4, -0.2) is 20.9 Å². The van der Waals surface area contributed by atoms with Gasteiger partial charge in [0.05, 0.1) is 4.90 Å². The highest BCUT2D eigenvalue weighted by Crippen LogP contribution is 2.15. The fraction of sp³-hybridized carbons (Fsp3) is 0.409. The van der Waals surface area contributed by atoms with Gasteiger partial charge < -0.3 is 5.32 Å². The van der Waals surface area contributed by atoms with E-state index in [9.17, 15) is 13.2 Å². The van der Waals surface area contributed by atoms with E-state index >= 15 is 0 Å². The van der Waals surface area contributed by atoms with Crippen molar-refractivity contribution in [2.45, 2.75) is 56.8 Å². The summed E-state index contributed by atoms with van der Waals surface area (Å²) in [6.07, 6.45) is 6.61. The Bertz CT molecular complexity index is 819. The van der Waals surface area contributed by atoms with Gasteiger partial charge in [-0.15, -0.1) is 0 Å². The number of anilines is 1. The van der Waals surface area contributed by atoms with Crippen LogP contribution in [0.4, 0.5) is 5.69 Å². The van der Waals surface area contributed by atoms with Crippen LogP contribution in [0.1, 0.15) is 51.0 Å². The molecule has 2 aromatic carbocycles. The molecule has 5 nitrogen and oxygen atoms in total. The number of nitrogens with one attached hydrogen (secondary N) is 2. The molecule has 0 saturated carbocycles. The van der Waals surface area contributed by atoms with Crippen molar-refractivity contribution in [2.75, 3.05) is 11.9 Å². The fourth-order valence-corrected chi connectivity index (χ4v) is 3.92. The Morgan fingerprint density at radius 2 is 1.57 bits per heavy atom. The van der Waals surface area contributed by atoms with Crippen molar-refractivity contribution in [1.82, 2.24) is 4.72 Å². The molecular weight excluding hydrogens is 372 g/mol. The van der Waals surface area contributed by atoms with E-state index in [0.717, 1.165) is 24.8 Å². The Kier molecular flexibility index (Phi) is 9.17. The number of rotatable bonds is 12. The van der Waals surface area contributed by atoms with E-state index in [0.29, 0.717) is 25.1 Å². The molecule has 2 N–H and O–H groups in total. The van der Waals surface area contributed by atoms with Gasteiger partial charge in [-0.05, 0) is 42.7 Å². The molecule has 0 aliphatic rings. The van der Waals surface area contributed by atoms with Crippen LogP contribution in [-0.2, 0) is 21.2 Å². The molecule has 0 atom stereocenters. The van der Waals surface area contributed by atoms with Crippen LogP contribution in [0.2, 0.25) is 0 Å². The van der Waals surface area contributed by atoms with E-state index in [-0.39, 0.29) is 10.8 Å². The molecule has 0 spiro atoms. The first-order chi connectivity index (χ1) is 13.5. The standard InChI is InChI=1S/C22H30N2O3S/c1-2-3-4-5-9-12-22(25)24-20-13-15-21(16-14-20)28(26,27)23-18-17-19-10-7-6-8-11-19/h6-8,10-11,13-16,23H,2-5,9,12,17-18H2,1H3,(H,24,25). The van der Waals surface area contributed by atoms with E-state index < -0.39 is 10.0 Å². The number of sulfonamides is 1. The predicted molar refractivity (Wildman–Crippen MR) is 114 cm³/mol. The zero-order valence-corrected chi connectivity index (χ0v) is 17.3. The Morgan fingerprint density at radius 1 is 0.893 bits per heavy atom.